The number of likely N-dealkylation sites (tertiary alicyclic amines) is 1. The Bertz CT molecular complexity index is 1210. The Morgan fingerprint density at radius 2 is 1.91 bits per heavy atom. The summed E-state index contributed by atoms with van der Waals surface area (Å²) >= 11 is 0. The van der Waals surface area contributed by atoms with Gasteiger partial charge in [-0.1, -0.05) is 36.4 Å². The van der Waals surface area contributed by atoms with Gasteiger partial charge in [-0.05, 0) is 30.5 Å². The lowest BCUT2D eigenvalue weighted by Crippen LogP contribution is -2.43. The summed E-state index contributed by atoms with van der Waals surface area (Å²) in [7, 11) is 0. The number of aromatic nitrogens is 4. The highest BCUT2D eigenvalue weighted by atomic mass is 16.2. The van der Waals surface area contributed by atoms with Gasteiger partial charge in [-0.3, -0.25) is 14.3 Å². The van der Waals surface area contributed by atoms with Crippen molar-refractivity contribution in [2.75, 3.05) is 11.9 Å². The normalized spacial score (nSPS) is 15.1. The first-order valence-electron chi connectivity index (χ1n) is 10.8. The number of nitrogens with one attached hydrogen (secondary N) is 1. The number of hydrogen-bond acceptors (Lipinski definition) is 4. The highest BCUT2D eigenvalue weighted by Crippen LogP contribution is 2.27. The molecule has 4 aromatic rings. The summed E-state index contributed by atoms with van der Waals surface area (Å²) in [6.45, 7) is 1.07. The van der Waals surface area contributed by atoms with Gasteiger partial charge in [-0.2, -0.15) is 5.10 Å². The Labute approximate surface area is 185 Å². The number of amides is 2. The number of imidazole rings is 1. The number of nitrogens with zero attached hydrogens (tertiary/aromatic N) is 5. The van der Waals surface area contributed by atoms with Crippen LogP contribution in [0.4, 0.5) is 5.69 Å². The zero-order valence-corrected chi connectivity index (χ0v) is 17.6. The van der Waals surface area contributed by atoms with E-state index in [0.29, 0.717) is 25.2 Å². The van der Waals surface area contributed by atoms with Gasteiger partial charge >= 0.3 is 0 Å². The fraction of sp³-hybridized carbons (Fsp3) is 0.250. The molecule has 1 fully saturated rings. The first-order chi connectivity index (χ1) is 15.7. The molecule has 0 spiro atoms. The molecule has 1 aliphatic heterocycles. The van der Waals surface area contributed by atoms with Crippen molar-refractivity contribution in [1.29, 1.82) is 0 Å². The first kappa shape index (κ1) is 20.0. The summed E-state index contributed by atoms with van der Waals surface area (Å²) in [5.41, 5.74) is 3.14. The van der Waals surface area contributed by atoms with Gasteiger partial charge in [0.2, 0.25) is 5.91 Å². The lowest BCUT2D eigenvalue weighted by Gasteiger charge is -2.34. The minimum Gasteiger partial charge on any atom is -0.327 e. The predicted molar refractivity (Wildman–Crippen MR) is 120 cm³/mol. The molecule has 1 saturated heterocycles. The maximum absolute atomic E-state index is 13.3. The smallest absolute Gasteiger partial charge is 0.251 e. The van der Waals surface area contributed by atoms with E-state index in [1.165, 1.54) is 0 Å². The Kier molecular flexibility index (Phi) is 5.41. The molecule has 1 aromatic carbocycles. The van der Waals surface area contributed by atoms with Crippen LogP contribution in [0, 0.1) is 0 Å². The summed E-state index contributed by atoms with van der Waals surface area (Å²) in [5.74, 6) is -0.221. The largest absolute Gasteiger partial charge is 0.327 e. The minimum atomic E-state index is -0.661. The SMILES string of the molecule is O=C(Nc1cnn(Cc2cn3ccccc3n2)c1)C(c1ccccc1)N1CCCCC1=O. The number of anilines is 1. The summed E-state index contributed by atoms with van der Waals surface area (Å²) in [6.07, 6.45) is 9.56. The first-order valence-corrected chi connectivity index (χ1v) is 10.8. The minimum absolute atomic E-state index is 0.0165. The maximum atomic E-state index is 13.3. The van der Waals surface area contributed by atoms with Gasteiger partial charge in [0.1, 0.15) is 11.7 Å². The number of piperidine rings is 1. The number of carbonyl (C=O) groups excluding carboxylic acids is 2. The van der Waals surface area contributed by atoms with Gasteiger partial charge in [0.05, 0.1) is 24.1 Å². The Hall–Kier alpha value is -3.94. The Morgan fingerprint density at radius 3 is 2.72 bits per heavy atom. The number of hydrogen-bond donors (Lipinski definition) is 1. The summed E-state index contributed by atoms with van der Waals surface area (Å²) in [6, 6.07) is 14.6. The van der Waals surface area contributed by atoms with Crippen LogP contribution in [0.2, 0.25) is 0 Å². The monoisotopic (exact) mass is 428 g/mol. The fourth-order valence-corrected chi connectivity index (χ4v) is 4.16. The average molecular weight is 428 g/mol. The third-order valence-electron chi connectivity index (χ3n) is 5.67. The van der Waals surface area contributed by atoms with E-state index >= 15 is 0 Å². The van der Waals surface area contributed by atoms with Gasteiger partial charge in [-0.25, -0.2) is 4.98 Å². The van der Waals surface area contributed by atoms with E-state index in [9.17, 15) is 9.59 Å². The van der Waals surface area contributed by atoms with Crippen molar-refractivity contribution in [2.24, 2.45) is 0 Å². The van der Waals surface area contributed by atoms with Gasteiger partial charge in [0, 0.05) is 31.6 Å². The third-order valence-corrected chi connectivity index (χ3v) is 5.67. The molecule has 162 valence electrons. The van der Waals surface area contributed by atoms with Crippen molar-refractivity contribution in [3.63, 3.8) is 0 Å². The van der Waals surface area contributed by atoms with Crippen LogP contribution < -0.4 is 5.32 Å². The van der Waals surface area contributed by atoms with Gasteiger partial charge < -0.3 is 14.6 Å². The molecule has 8 nitrogen and oxygen atoms in total. The molecule has 0 aliphatic carbocycles. The zero-order chi connectivity index (χ0) is 21.9. The lowest BCUT2D eigenvalue weighted by molar-refractivity contribution is -0.141. The van der Waals surface area contributed by atoms with Crippen LogP contribution >= 0.6 is 0 Å². The molecule has 0 bridgehead atoms. The lowest BCUT2D eigenvalue weighted by atomic mass is 10.0. The van der Waals surface area contributed by atoms with E-state index < -0.39 is 6.04 Å². The number of rotatable bonds is 6. The van der Waals surface area contributed by atoms with Gasteiger partial charge in [0.25, 0.3) is 5.91 Å². The Balaban J connectivity index is 1.33. The van der Waals surface area contributed by atoms with E-state index in [4.69, 9.17) is 0 Å². The third kappa shape index (κ3) is 4.12. The van der Waals surface area contributed by atoms with Crippen LogP contribution in [-0.2, 0) is 16.1 Å². The van der Waals surface area contributed by atoms with Crippen molar-refractivity contribution in [1.82, 2.24) is 24.1 Å². The molecule has 5 rings (SSSR count). The highest BCUT2D eigenvalue weighted by molar-refractivity contribution is 5.97. The van der Waals surface area contributed by atoms with E-state index in [2.05, 4.69) is 15.4 Å². The number of pyridine rings is 1. The van der Waals surface area contributed by atoms with Crippen molar-refractivity contribution in [3.8, 4) is 0 Å². The average Bonchev–Trinajstić information content (AvgIpc) is 3.42. The molecular weight excluding hydrogens is 404 g/mol. The highest BCUT2D eigenvalue weighted by Gasteiger charge is 2.32. The molecular formula is C24H24N6O2. The molecule has 2 amide bonds. The standard InChI is InChI=1S/C24H24N6O2/c31-22-11-5-7-13-30(22)23(18-8-2-1-3-9-18)24(32)27-19-14-25-29(16-19)17-20-15-28-12-6-4-10-21(28)26-20/h1-4,6,8-10,12,14-16,23H,5,7,11,13,17H2,(H,27,32). The Morgan fingerprint density at radius 1 is 1.06 bits per heavy atom. The van der Waals surface area contributed by atoms with E-state index in [1.807, 2.05) is 65.3 Å². The molecule has 0 saturated carbocycles. The topological polar surface area (TPSA) is 84.5 Å². The van der Waals surface area contributed by atoms with Crippen LogP contribution in [0.3, 0.4) is 0 Å². The summed E-state index contributed by atoms with van der Waals surface area (Å²) in [4.78, 5) is 32.1. The molecule has 32 heavy (non-hydrogen) atoms. The van der Waals surface area contributed by atoms with Crippen LogP contribution in [0.25, 0.3) is 5.65 Å². The van der Waals surface area contributed by atoms with Gasteiger partial charge in [-0.15, -0.1) is 0 Å². The predicted octanol–water partition coefficient (Wildman–Crippen LogP) is 3.27. The fourth-order valence-electron chi connectivity index (χ4n) is 4.16. The second-order valence-electron chi connectivity index (χ2n) is 7.97. The summed E-state index contributed by atoms with van der Waals surface area (Å²) in [5, 5.41) is 7.32. The van der Waals surface area contributed by atoms with E-state index in [-0.39, 0.29) is 11.8 Å². The van der Waals surface area contributed by atoms with Crippen LogP contribution in [0.15, 0.2) is 73.3 Å². The molecule has 1 N–H and O–H groups in total. The van der Waals surface area contributed by atoms with E-state index in [0.717, 1.165) is 29.7 Å². The van der Waals surface area contributed by atoms with Crippen LogP contribution in [0.5, 0.6) is 0 Å². The summed E-state index contributed by atoms with van der Waals surface area (Å²) < 4.78 is 3.70. The number of fused-ring (bicyclic) bond motifs is 1. The molecule has 1 aliphatic rings. The molecule has 8 heteroatoms. The van der Waals surface area contributed by atoms with Crippen LogP contribution in [-0.4, -0.2) is 42.4 Å². The molecule has 4 heterocycles. The van der Waals surface area contributed by atoms with Crippen molar-refractivity contribution in [3.05, 3.63) is 84.6 Å². The van der Waals surface area contributed by atoms with Crippen molar-refractivity contribution >= 4 is 23.1 Å². The number of benzene rings is 1. The molecule has 1 atom stereocenters. The van der Waals surface area contributed by atoms with Crippen LogP contribution in [0.1, 0.15) is 36.6 Å². The molecule has 0 radical (unpaired) electrons. The maximum Gasteiger partial charge on any atom is 0.251 e. The number of carbonyl (C=O) groups is 2. The van der Waals surface area contributed by atoms with E-state index in [1.54, 1.807) is 22.0 Å². The van der Waals surface area contributed by atoms with Crippen molar-refractivity contribution in [2.45, 2.75) is 31.8 Å². The molecule has 1 unspecified atom stereocenters. The molecule has 3 aromatic heterocycles. The second-order valence-corrected chi connectivity index (χ2v) is 7.97. The zero-order valence-electron chi connectivity index (χ0n) is 17.6. The van der Waals surface area contributed by atoms with Gasteiger partial charge in [0.15, 0.2) is 0 Å². The quantitative estimate of drug-likeness (QED) is 0.511. The second kappa shape index (κ2) is 8.66. The van der Waals surface area contributed by atoms with Crippen molar-refractivity contribution < 1.29 is 9.59 Å².